The Labute approximate surface area is 267 Å². The molecule has 3 heterocycles. The summed E-state index contributed by atoms with van der Waals surface area (Å²) in [5.74, 6) is 0. The first-order valence-corrected chi connectivity index (χ1v) is 15.6. The van der Waals surface area contributed by atoms with Crippen molar-refractivity contribution in [3.63, 3.8) is 0 Å². The zero-order valence-corrected chi connectivity index (χ0v) is 25.1. The Morgan fingerprint density at radius 2 is 0.848 bits per heavy atom. The summed E-state index contributed by atoms with van der Waals surface area (Å²) in [4.78, 5) is 4.47. The smallest absolute Gasteiger partial charge is 0.0724 e. The van der Waals surface area contributed by atoms with Crippen molar-refractivity contribution in [1.82, 2.24) is 14.1 Å². The molecule has 0 spiro atoms. The molecule has 0 saturated heterocycles. The van der Waals surface area contributed by atoms with E-state index in [1.807, 2.05) is 12.4 Å². The lowest BCUT2D eigenvalue weighted by Gasteiger charge is -2.15. The highest BCUT2D eigenvalue weighted by Gasteiger charge is 2.21. The molecule has 0 unspecified atom stereocenters. The summed E-state index contributed by atoms with van der Waals surface area (Å²) < 4.78 is 4.74. The molecule has 6 aromatic carbocycles. The predicted octanol–water partition coefficient (Wildman–Crippen LogP) is 11.1. The van der Waals surface area contributed by atoms with Crippen LogP contribution in [0.1, 0.15) is 0 Å². The maximum absolute atomic E-state index is 4.47. The largest absolute Gasteiger partial charge is 0.309 e. The fourth-order valence-corrected chi connectivity index (χ4v) is 6.98. The van der Waals surface area contributed by atoms with Crippen LogP contribution in [0.25, 0.3) is 77.6 Å². The van der Waals surface area contributed by atoms with Gasteiger partial charge in [0.25, 0.3) is 0 Å². The predicted molar refractivity (Wildman–Crippen MR) is 192 cm³/mol. The van der Waals surface area contributed by atoms with Crippen molar-refractivity contribution < 1.29 is 0 Å². The second-order valence-electron chi connectivity index (χ2n) is 11.6. The summed E-state index contributed by atoms with van der Waals surface area (Å²) in [6.07, 6.45) is 3.84. The van der Waals surface area contributed by atoms with Crippen molar-refractivity contribution in [1.29, 1.82) is 0 Å². The van der Waals surface area contributed by atoms with Gasteiger partial charge >= 0.3 is 0 Å². The number of fused-ring (bicyclic) bond motifs is 4. The van der Waals surface area contributed by atoms with Crippen LogP contribution < -0.4 is 0 Å². The molecule has 0 aliphatic rings. The van der Waals surface area contributed by atoms with Crippen molar-refractivity contribution in [2.24, 2.45) is 0 Å². The van der Waals surface area contributed by atoms with E-state index in [9.17, 15) is 0 Å². The molecule has 0 bridgehead atoms. The normalized spacial score (nSPS) is 11.5. The maximum Gasteiger partial charge on any atom is 0.0724 e. The molecule has 0 amide bonds. The van der Waals surface area contributed by atoms with Crippen LogP contribution in [0.4, 0.5) is 0 Å². The average Bonchev–Trinajstić information content (AvgIpc) is 3.66. The summed E-state index contributed by atoms with van der Waals surface area (Å²) >= 11 is 0. The molecule has 0 aliphatic heterocycles. The third kappa shape index (κ3) is 4.17. The van der Waals surface area contributed by atoms with Crippen molar-refractivity contribution in [3.05, 3.63) is 176 Å². The Bertz CT molecular complexity index is 2430. The lowest BCUT2D eigenvalue weighted by atomic mass is 9.97. The van der Waals surface area contributed by atoms with Crippen molar-refractivity contribution in [2.75, 3.05) is 0 Å². The van der Waals surface area contributed by atoms with E-state index in [2.05, 4.69) is 178 Å². The molecule has 9 aromatic rings. The molecular weight excluding hydrogens is 558 g/mol. The van der Waals surface area contributed by atoms with E-state index in [0.29, 0.717) is 0 Å². The minimum atomic E-state index is 1.11. The van der Waals surface area contributed by atoms with Crippen molar-refractivity contribution >= 4 is 32.7 Å². The highest BCUT2D eigenvalue weighted by atomic mass is 15.0. The molecule has 216 valence electrons. The molecule has 0 radical (unpaired) electrons. The van der Waals surface area contributed by atoms with Gasteiger partial charge in [0.2, 0.25) is 0 Å². The summed E-state index contributed by atoms with van der Waals surface area (Å²) in [5, 5.41) is 3.67. The van der Waals surface area contributed by atoms with Gasteiger partial charge in [-0.15, -0.1) is 0 Å². The van der Waals surface area contributed by atoms with E-state index in [4.69, 9.17) is 0 Å². The summed E-state index contributed by atoms with van der Waals surface area (Å²) in [6, 6.07) is 58.7. The lowest BCUT2D eigenvalue weighted by Crippen LogP contribution is -1.99. The molecule has 3 heteroatoms. The number of hydrogen-bond donors (Lipinski definition) is 0. The van der Waals surface area contributed by atoms with Gasteiger partial charge in [-0.05, 0) is 64.7 Å². The minimum Gasteiger partial charge on any atom is -0.309 e. The minimum absolute atomic E-state index is 1.11. The van der Waals surface area contributed by atoms with E-state index in [1.165, 1.54) is 60.7 Å². The van der Waals surface area contributed by atoms with E-state index < -0.39 is 0 Å². The lowest BCUT2D eigenvalue weighted by molar-refractivity contribution is 1.12. The van der Waals surface area contributed by atoms with Crippen LogP contribution in [-0.4, -0.2) is 14.1 Å². The van der Waals surface area contributed by atoms with E-state index in [1.54, 1.807) is 0 Å². The van der Waals surface area contributed by atoms with Gasteiger partial charge in [0.15, 0.2) is 0 Å². The van der Waals surface area contributed by atoms with Gasteiger partial charge in [-0.25, -0.2) is 0 Å². The van der Waals surface area contributed by atoms with Crippen LogP contribution in [0.2, 0.25) is 0 Å². The summed E-state index contributed by atoms with van der Waals surface area (Å²) in [6.45, 7) is 0. The van der Waals surface area contributed by atoms with E-state index in [-0.39, 0.29) is 0 Å². The van der Waals surface area contributed by atoms with Crippen LogP contribution in [0.15, 0.2) is 176 Å². The molecule has 0 atom stereocenters. The van der Waals surface area contributed by atoms with Gasteiger partial charge in [0.05, 0.1) is 28.4 Å². The van der Waals surface area contributed by atoms with Gasteiger partial charge in [0, 0.05) is 39.3 Å². The third-order valence-electron chi connectivity index (χ3n) is 9.04. The standard InChI is InChI=1S/C43H29N3/c1-3-11-30(12-4-1)31-19-21-33(22-20-31)43-42(32-13-5-2-6-14-32)38-16-8-10-18-40(38)46(43)35-25-23-34(24-26-35)45-39-17-9-7-15-36(39)37-27-28-44-29-41(37)45/h1-29H. The second kappa shape index (κ2) is 10.8. The second-order valence-corrected chi connectivity index (χ2v) is 11.6. The van der Waals surface area contributed by atoms with E-state index in [0.717, 1.165) is 16.9 Å². The highest BCUT2D eigenvalue weighted by molar-refractivity contribution is 6.09. The first-order chi connectivity index (χ1) is 22.8. The summed E-state index contributed by atoms with van der Waals surface area (Å²) in [7, 11) is 0. The number of hydrogen-bond acceptors (Lipinski definition) is 1. The number of para-hydroxylation sites is 2. The zero-order valence-electron chi connectivity index (χ0n) is 25.1. The zero-order chi connectivity index (χ0) is 30.5. The molecule has 0 N–H and O–H groups in total. The molecule has 0 saturated carbocycles. The van der Waals surface area contributed by atoms with Crippen LogP contribution in [0.3, 0.4) is 0 Å². The highest BCUT2D eigenvalue weighted by Crippen LogP contribution is 2.43. The first kappa shape index (κ1) is 26.2. The average molecular weight is 588 g/mol. The topological polar surface area (TPSA) is 22.8 Å². The Balaban J connectivity index is 1.26. The Hall–Kier alpha value is -6.19. The van der Waals surface area contributed by atoms with Crippen LogP contribution in [0.5, 0.6) is 0 Å². The first-order valence-electron chi connectivity index (χ1n) is 15.6. The summed E-state index contributed by atoms with van der Waals surface area (Å²) in [5.41, 5.74) is 12.9. The molecule has 46 heavy (non-hydrogen) atoms. The molecule has 3 nitrogen and oxygen atoms in total. The van der Waals surface area contributed by atoms with Crippen molar-refractivity contribution in [3.8, 4) is 44.9 Å². The van der Waals surface area contributed by atoms with Gasteiger partial charge in [-0.1, -0.05) is 121 Å². The van der Waals surface area contributed by atoms with Crippen molar-refractivity contribution in [2.45, 2.75) is 0 Å². The fraction of sp³-hybridized carbons (Fsp3) is 0. The molecule has 3 aromatic heterocycles. The number of nitrogens with zero attached hydrogens (tertiary/aromatic N) is 3. The number of pyridine rings is 1. The molecule has 0 fully saturated rings. The number of benzene rings is 6. The van der Waals surface area contributed by atoms with Crippen LogP contribution >= 0.6 is 0 Å². The van der Waals surface area contributed by atoms with Crippen LogP contribution in [0, 0.1) is 0 Å². The molecule has 0 aliphatic carbocycles. The van der Waals surface area contributed by atoms with Gasteiger partial charge in [-0.2, -0.15) is 0 Å². The Morgan fingerprint density at radius 1 is 0.348 bits per heavy atom. The maximum atomic E-state index is 4.47. The SMILES string of the molecule is c1ccc(-c2ccc(-c3c(-c4ccccc4)c4ccccc4n3-c3ccc(-n4c5ccccc5c5ccncc54)cc3)cc2)cc1. The molecule has 9 rings (SSSR count). The Kier molecular flexibility index (Phi) is 6.14. The van der Waals surface area contributed by atoms with Crippen LogP contribution in [-0.2, 0) is 0 Å². The molecular formula is C43H29N3. The fourth-order valence-electron chi connectivity index (χ4n) is 6.98. The Morgan fingerprint density at radius 3 is 1.54 bits per heavy atom. The van der Waals surface area contributed by atoms with E-state index >= 15 is 0 Å². The quantitative estimate of drug-likeness (QED) is 0.196. The van der Waals surface area contributed by atoms with Gasteiger partial charge in [-0.3, -0.25) is 4.98 Å². The third-order valence-corrected chi connectivity index (χ3v) is 9.04. The van der Waals surface area contributed by atoms with Gasteiger partial charge in [0.1, 0.15) is 0 Å². The number of aromatic nitrogens is 3. The number of rotatable bonds is 5. The monoisotopic (exact) mass is 587 g/mol. The van der Waals surface area contributed by atoms with Gasteiger partial charge < -0.3 is 9.13 Å².